The molecule has 0 amide bonds. The molecule has 6 rings (SSSR count). The molecule has 2 bridgehead atoms. The topological polar surface area (TPSA) is 80.3 Å². The van der Waals surface area contributed by atoms with Crippen molar-refractivity contribution in [3.05, 3.63) is 23.3 Å². The van der Waals surface area contributed by atoms with E-state index in [1.165, 1.54) is 18.4 Å². The molecule has 0 radical (unpaired) electrons. The molecular formula is C28H40N2O5. The Morgan fingerprint density at radius 3 is 2.74 bits per heavy atom. The van der Waals surface area contributed by atoms with Gasteiger partial charge in [0, 0.05) is 31.3 Å². The molecule has 5 aliphatic rings. The zero-order valence-electron chi connectivity index (χ0n) is 21.7. The highest BCUT2D eigenvalue weighted by atomic mass is 16.6. The molecule has 1 aromatic rings. The SMILES string of the molecule is CO[C@@]12CCC(NC(C)C(=O)OC(C)(C)C)[C@@H]3Oc4c(O)ccc5c4[C@@]31CCN(CC1CC1)C2C5. The highest BCUT2D eigenvalue weighted by Crippen LogP contribution is 2.66. The van der Waals surface area contributed by atoms with Gasteiger partial charge in [0.2, 0.25) is 0 Å². The number of nitrogens with one attached hydrogen (secondary N) is 1. The predicted octanol–water partition coefficient (Wildman–Crippen LogP) is 3.30. The normalized spacial score (nSPS) is 36.3. The Balaban J connectivity index is 1.39. The molecule has 2 heterocycles. The monoisotopic (exact) mass is 484 g/mol. The number of piperidine rings is 1. The Bertz CT molecular complexity index is 1030. The van der Waals surface area contributed by atoms with Gasteiger partial charge in [-0.1, -0.05) is 6.07 Å². The highest BCUT2D eigenvalue weighted by Gasteiger charge is 2.73. The molecule has 35 heavy (non-hydrogen) atoms. The zero-order valence-corrected chi connectivity index (χ0v) is 21.7. The average Bonchev–Trinajstić information content (AvgIpc) is 3.54. The largest absolute Gasteiger partial charge is 0.504 e. The van der Waals surface area contributed by atoms with Gasteiger partial charge in [-0.2, -0.15) is 0 Å². The van der Waals surface area contributed by atoms with E-state index in [0.29, 0.717) is 11.8 Å². The van der Waals surface area contributed by atoms with Gasteiger partial charge >= 0.3 is 5.97 Å². The maximum absolute atomic E-state index is 12.8. The van der Waals surface area contributed by atoms with Gasteiger partial charge in [0.1, 0.15) is 17.7 Å². The summed E-state index contributed by atoms with van der Waals surface area (Å²) in [4.78, 5) is 15.5. The van der Waals surface area contributed by atoms with E-state index in [-0.39, 0.29) is 34.9 Å². The number of nitrogens with zero attached hydrogens (tertiary/aromatic N) is 1. The molecule has 1 aromatic carbocycles. The van der Waals surface area contributed by atoms with Gasteiger partial charge in [-0.3, -0.25) is 15.0 Å². The van der Waals surface area contributed by atoms with Crippen LogP contribution < -0.4 is 10.1 Å². The Kier molecular flexibility index (Phi) is 5.27. The maximum Gasteiger partial charge on any atom is 0.323 e. The molecule has 2 aliphatic heterocycles. The fourth-order valence-electron chi connectivity index (χ4n) is 7.82. The van der Waals surface area contributed by atoms with Crippen molar-refractivity contribution < 1.29 is 24.1 Å². The summed E-state index contributed by atoms with van der Waals surface area (Å²) in [5.41, 5.74) is 1.18. The Morgan fingerprint density at radius 1 is 1.29 bits per heavy atom. The number of hydrogen-bond acceptors (Lipinski definition) is 7. The standard InChI is InChI=1S/C28H40N2O5/c1-16(25(32)35-26(2,3)4)29-19-10-11-28(33-5)21-14-18-8-9-20(31)23-22(18)27(28,24(19)34-23)12-13-30(21)15-17-6-7-17/h8-9,16-17,19,21,24,29,31H,6-7,10-15H2,1-5H3/t16?,19?,21?,24-,27-,28+/m0/s1. The molecular weight excluding hydrogens is 444 g/mol. The Hall–Kier alpha value is -1.83. The lowest BCUT2D eigenvalue weighted by Crippen LogP contribution is -2.79. The van der Waals surface area contributed by atoms with Crippen molar-refractivity contribution in [3.8, 4) is 11.5 Å². The second kappa shape index (κ2) is 7.83. The van der Waals surface area contributed by atoms with Gasteiger partial charge in [-0.25, -0.2) is 0 Å². The van der Waals surface area contributed by atoms with E-state index in [0.717, 1.165) is 50.3 Å². The minimum Gasteiger partial charge on any atom is -0.504 e. The molecule has 6 atom stereocenters. The predicted molar refractivity (Wildman–Crippen MR) is 132 cm³/mol. The number of carbonyl (C=O) groups excluding carboxylic acids is 1. The molecule has 3 unspecified atom stereocenters. The number of ether oxygens (including phenoxy) is 3. The molecule has 1 saturated heterocycles. The first-order chi connectivity index (χ1) is 16.6. The Morgan fingerprint density at radius 2 is 2.06 bits per heavy atom. The van der Waals surface area contributed by atoms with E-state index in [4.69, 9.17) is 14.2 Å². The number of aromatic hydroxyl groups is 1. The lowest BCUT2D eigenvalue weighted by atomic mass is 9.48. The van der Waals surface area contributed by atoms with E-state index in [1.807, 2.05) is 34.8 Å². The summed E-state index contributed by atoms with van der Waals surface area (Å²) in [6.07, 6.45) is 6.04. The lowest BCUT2D eigenvalue weighted by molar-refractivity contribution is -0.208. The third kappa shape index (κ3) is 3.37. The van der Waals surface area contributed by atoms with Gasteiger partial charge in [-0.15, -0.1) is 0 Å². The summed E-state index contributed by atoms with van der Waals surface area (Å²) < 4.78 is 19.0. The number of phenols is 1. The number of methoxy groups -OCH3 is 1. The number of phenolic OH excluding ortho intramolecular Hbond substituents is 1. The number of likely N-dealkylation sites (tertiary alicyclic amines) is 1. The highest BCUT2D eigenvalue weighted by molar-refractivity contribution is 5.75. The van der Waals surface area contributed by atoms with E-state index in [1.54, 1.807) is 6.07 Å². The maximum atomic E-state index is 12.8. The quantitative estimate of drug-likeness (QED) is 0.600. The van der Waals surface area contributed by atoms with Crippen molar-refractivity contribution in [2.75, 3.05) is 20.2 Å². The number of esters is 1. The van der Waals surface area contributed by atoms with Gasteiger partial charge in [-0.05, 0) is 90.3 Å². The number of hydrogen-bond donors (Lipinski definition) is 2. The molecule has 7 heteroatoms. The number of carbonyl (C=O) groups is 1. The summed E-state index contributed by atoms with van der Waals surface area (Å²) in [5.74, 6) is 1.40. The average molecular weight is 485 g/mol. The van der Waals surface area contributed by atoms with Crippen molar-refractivity contribution in [3.63, 3.8) is 0 Å². The van der Waals surface area contributed by atoms with Crippen LogP contribution >= 0.6 is 0 Å². The van der Waals surface area contributed by atoms with Gasteiger partial charge in [0.05, 0.1) is 11.0 Å². The van der Waals surface area contributed by atoms with Crippen LogP contribution in [0.2, 0.25) is 0 Å². The van der Waals surface area contributed by atoms with E-state index < -0.39 is 11.6 Å². The minimum atomic E-state index is -0.532. The molecule has 3 aliphatic carbocycles. The fraction of sp³-hybridized carbons (Fsp3) is 0.750. The molecule has 3 fully saturated rings. The second-order valence-corrected chi connectivity index (χ2v) is 12.5. The molecule has 2 N–H and O–H groups in total. The zero-order chi connectivity index (χ0) is 24.8. The number of benzene rings is 1. The van der Waals surface area contributed by atoms with Crippen molar-refractivity contribution >= 4 is 5.97 Å². The minimum absolute atomic E-state index is 0.0471. The second-order valence-electron chi connectivity index (χ2n) is 12.5. The first kappa shape index (κ1) is 23.6. The van der Waals surface area contributed by atoms with Crippen molar-refractivity contribution in [2.24, 2.45) is 5.92 Å². The smallest absolute Gasteiger partial charge is 0.323 e. The fourth-order valence-corrected chi connectivity index (χ4v) is 7.82. The molecule has 2 saturated carbocycles. The van der Waals surface area contributed by atoms with Crippen molar-refractivity contribution in [1.29, 1.82) is 0 Å². The third-order valence-corrected chi connectivity index (χ3v) is 9.31. The summed E-state index contributed by atoms with van der Waals surface area (Å²) in [6, 6.07) is 3.67. The van der Waals surface area contributed by atoms with Gasteiger partial charge < -0.3 is 19.3 Å². The van der Waals surface area contributed by atoms with Gasteiger partial charge in [0.25, 0.3) is 0 Å². The summed E-state index contributed by atoms with van der Waals surface area (Å²) >= 11 is 0. The van der Waals surface area contributed by atoms with Crippen molar-refractivity contribution in [2.45, 2.75) is 107 Å². The van der Waals surface area contributed by atoms with Crippen LogP contribution in [0.3, 0.4) is 0 Å². The summed E-state index contributed by atoms with van der Waals surface area (Å²) in [5, 5.41) is 14.4. The van der Waals surface area contributed by atoms with Crippen LogP contribution in [0.25, 0.3) is 0 Å². The molecule has 7 nitrogen and oxygen atoms in total. The molecule has 1 spiro atoms. The van der Waals surface area contributed by atoms with Gasteiger partial charge in [0.15, 0.2) is 11.5 Å². The Labute approximate surface area is 208 Å². The van der Waals surface area contributed by atoms with Crippen LogP contribution in [0.5, 0.6) is 11.5 Å². The van der Waals surface area contributed by atoms with E-state index in [2.05, 4.69) is 16.3 Å². The molecule has 192 valence electrons. The van der Waals surface area contributed by atoms with Crippen LogP contribution in [0.4, 0.5) is 0 Å². The van der Waals surface area contributed by atoms with Crippen LogP contribution in [-0.2, 0) is 26.1 Å². The van der Waals surface area contributed by atoms with Crippen LogP contribution in [-0.4, -0.2) is 71.6 Å². The first-order valence-electron chi connectivity index (χ1n) is 13.4. The lowest BCUT2D eigenvalue weighted by Gasteiger charge is -2.65. The van der Waals surface area contributed by atoms with Crippen molar-refractivity contribution in [1.82, 2.24) is 10.2 Å². The first-order valence-corrected chi connectivity index (χ1v) is 13.4. The van der Waals surface area contributed by atoms with Crippen LogP contribution in [0.15, 0.2) is 12.1 Å². The van der Waals surface area contributed by atoms with E-state index in [9.17, 15) is 9.90 Å². The molecule has 0 aromatic heterocycles. The third-order valence-electron chi connectivity index (χ3n) is 9.31. The summed E-state index contributed by atoms with van der Waals surface area (Å²) in [6.45, 7) is 9.70. The van der Waals surface area contributed by atoms with E-state index >= 15 is 0 Å². The summed E-state index contributed by atoms with van der Waals surface area (Å²) in [7, 11) is 1.87. The van der Waals surface area contributed by atoms with Crippen LogP contribution in [0, 0.1) is 5.92 Å². The van der Waals surface area contributed by atoms with Crippen LogP contribution in [0.1, 0.15) is 70.9 Å². The number of rotatable bonds is 6.